The average molecular weight is 335 g/mol. The van der Waals surface area contributed by atoms with Crippen molar-refractivity contribution in [3.63, 3.8) is 0 Å². The van der Waals surface area contributed by atoms with Gasteiger partial charge in [-0.05, 0) is 0 Å². The third kappa shape index (κ3) is 2.25. The summed E-state index contributed by atoms with van der Waals surface area (Å²) in [5.74, 6) is -16.7. The first-order valence-electron chi connectivity index (χ1n) is 5.17. The molecule has 0 unspecified atom stereocenters. The highest BCUT2D eigenvalue weighted by atomic mass is 19.4. The maximum atomic E-state index is 13.6. The van der Waals surface area contributed by atoms with Gasteiger partial charge in [0.05, 0.1) is 16.5 Å². The summed E-state index contributed by atoms with van der Waals surface area (Å²) in [4.78, 5) is 0. The van der Waals surface area contributed by atoms with Crippen LogP contribution in [0, 0.1) is 34.9 Å². The molecule has 2 N–H and O–H groups in total. The number of hydrogen-bond acceptors (Lipinski definition) is 2. The van der Waals surface area contributed by atoms with Crippen molar-refractivity contribution in [2.45, 2.75) is 6.30 Å². The van der Waals surface area contributed by atoms with Crippen LogP contribution in [0.1, 0.15) is 0 Å². The molecule has 0 heterocycles. The van der Waals surface area contributed by atoms with Crippen molar-refractivity contribution in [1.29, 1.82) is 0 Å². The van der Waals surface area contributed by atoms with E-state index in [1.54, 1.807) is 0 Å². The van der Waals surface area contributed by atoms with Crippen LogP contribution in [0.2, 0.25) is 0 Å². The molecule has 0 amide bonds. The van der Waals surface area contributed by atoms with Crippen LogP contribution in [-0.2, 0) is 0 Å². The smallest absolute Gasteiger partial charge is 0.482 e. The maximum Gasteiger partial charge on any atom is 0.482 e. The maximum absolute atomic E-state index is 13.6. The standard InChI is InChI=1S/C11H2F9NO/c12-3-1-2(10(22)8(17)6(3)15)4(13)5(14)7(16)9(1)21-11(18,19)20/h21-22H. The number of nitrogens with one attached hydrogen (secondary N) is 1. The summed E-state index contributed by atoms with van der Waals surface area (Å²) < 4.78 is 117. The van der Waals surface area contributed by atoms with E-state index in [0.717, 1.165) is 0 Å². The van der Waals surface area contributed by atoms with Crippen LogP contribution in [0.4, 0.5) is 45.2 Å². The quantitative estimate of drug-likeness (QED) is 0.462. The molecule has 22 heavy (non-hydrogen) atoms. The number of alkyl halides is 3. The molecule has 0 saturated heterocycles. The van der Waals surface area contributed by atoms with Crippen molar-refractivity contribution in [2.75, 3.05) is 5.32 Å². The monoisotopic (exact) mass is 335 g/mol. The number of anilines is 1. The number of halogens is 9. The Morgan fingerprint density at radius 2 is 1.09 bits per heavy atom. The zero-order chi connectivity index (χ0) is 17.0. The second kappa shape index (κ2) is 4.85. The van der Waals surface area contributed by atoms with Crippen molar-refractivity contribution < 1.29 is 44.6 Å². The van der Waals surface area contributed by atoms with Gasteiger partial charge < -0.3 is 5.11 Å². The van der Waals surface area contributed by atoms with Gasteiger partial charge in [-0.3, -0.25) is 5.32 Å². The summed E-state index contributed by atoms with van der Waals surface area (Å²) in [7, 11) is 0. The number of phenolic OH excluding ortho intramolecular Hbond substituents is 1. The number of aromatic hydroxyl groups is 1. The highest BCUT2D eigenvalue weighted by Gasteiger charge is 2.35. The lowest BCUT2D eigenvalue weighted by Crippen LogP contribution is -2.23. The number of benzene rings is 2. The third-order valence-electron chi connectivity index (χ3n) is 2.64. The largest absolute Gasteiger partial charge is 0.504 e. The zero-order valence-corrected chi connectivity index (χ0v) is 9.85. The molecule has 0 aliphatic heterocycles. The van der Waals surface area contributed by atoms with Crippen LogP contribution in [-0.4, -0.2) is 11.4 Å². The lowest BCUT2D eigenvalue weighted by atomic mass is 10.0. The molecule has 0 bridgehead atoms. The minimum atomic E-state index is -5.44. The molecule has 0 aromatic heterocycles. The average Bonchev–Trinajstić information content (AvgIpc) is 2.42. The van der Waals surface area contributed by atoms with Crippen molar-refractivity contribution in [2.24, 2.45) is 0 Å². The summed E-state index contributed by atoms with van der Waals surface area (Å²) in [6.45, 7) is 0. The van der Waals surface area contributed by atoms with E-state index in [-0.39, 0.29) is 0 Å². The van der Waals surface area contributed by atoms with Crippen LogP contribution in [0.5, 0.6) is 5.75 Å². The molecule has 0 aliphatic carbocycles. The molecule has 120 valence electrons. The Labute approximate surface area is 114 Å². The Balaban J connectivity index is 3.08. The third-order valence-corrected chi connectivity index (χ3v) is 2.64. The number of fused-ring (bicyclic) bond motifs is 1. The first-order chi connectivity index (χ1) is 9.97. The van der Waals surface area contributed by atoms with Gasteiger partial charge in [0.25, 0.3) is 0 Å². The van der Waals surface area contributed by atoms with Gasteiger partial charge in [0.15, 0.2) is 34.8 Å². The molecule has 0 saturated carbocycles. The number of rotatable bonds is 1. The Bertz CT molecular complexity index is 776. The topological polar surface area (TPSA) is 32.3 Å². The van der Waals surface area contributed by atoms with Crippen molar-refractivity contribution >= 4 is 16.5 Å². The Morgan fingerprint density at radius 3 is 1.59 bits per heavy atom. The van der Waals surface area contributed by atoms with Crippen LogP contribution < -0.4 is 5.32 Å². The van der Waals surface area contributed by atoms with Crippen LogP contribution in [0.25, 0.3) is 10.8 Å². The fourth-order valence-electron chi connectivity index (χ4n) is 1.78. The summed E-state index contributed by atoms with van der Waals surface area (Å²) in [6, 6.07) is 0. The van der Waals surface area contributed by atoms with Gasteiger partial charge >= 0.3 is 6.30 Å². The van der Waals surface area contributed by atoms with Gasteiger partial charge in [-0.2, -0.15) is 17.6 Å². The summed E-state index contributed by atoms with van der Waals surface area (Å²) in [5, 5.41) is 5.91. The predicted molar refractivity (Wildman–Crippen MR) is 55.0 cm³/mol. The lowest BCUT2D eigenvalue weighted by molar-refractivity contribution is -0.100. The van der Waals surface area contributed by atoms with E-state index < -0.39 is 63.4 Å². The van der Waals surface area contributed by atoms with Crippen molar-refractivity contribution in [3.8, 4) is 5.75 Å². The Hall–Kier alpha value is -2.33. The number of hydrogen-bond donors (Lipinski definition) is 2. The van der Waals surface area contributed by atoms with Crippen LogP contribution >= 0.6 is 0 Å². The number of phenols is 1. The molecular weight excluding hydrogens is 333 g/mol. The molecule has 2 aromatic carbocycles. The summed E-state index contributed by atoms with van der Waals surface area (Å²) in [5.41, 5.74) is -2.03. The molecule has 2 rings (SSSR count). The SMILES string of the molecule is Oc1c(F)c(F)c(F)c2c(NC(F)(F)F)c(F)c(F)c(F)c12. The van der Waals surface area contributed by atoms with E-state index in [2.05, 4.69) is 0 Å². The molecule has 0 atom stereocenters. The molecule has 11 heteroatoms. The highest BCUT2D eigenvalue weighted by molar-refractivity contribution is 5.99. The van der Waals surface area contributed by atoms with E-state index in [1.807, 2.05) is 0 Å². The van der Waals surface area contributed by atoms with Crippen LogP contribution in [0.15, 0.2) is 0 Å². The van der Waals surface area contributed by atoms with Gasteiger partial charge in [0, 0.05) is 0 Å². The van der Waals surface area contributed by atoms with E-state index >= 15 is 0 Å². The highest BCUT2D eigenvalue weighted by Crippen LogP contribution is 2.42. The fourth-order valence-corrected chi connectivity index (χ4v) is 1.78. The minimum absolute atomic E-state index is 0.353. The van der Waals surface area contributed by atoms with Gasteiger partial charge in [-0.1, -0.05) is 0 Å². The van der Waals surface area contributed by atoms with Crippen molar-refractivity contribution in [1.82, 2.24) is 0 Å². The summed E-state index contributed by atoms with van der Waals surface area (Å²) >= 11 is 0. The van der Waals surface area contributed by atoms with E-state index in [4.69, 9.17) is 5.11 Å². The Morgan fingerprint density at radius 1 is 0.636 bits per heavy atom. The van der Waals surface area contributed by atoms with E-state index in [9.17, 15) is 39.5 Å². The molecule has 0 aliphatic rings. The summed E-state index contributed by atoms with van der Waals surface area (Å²) in [6.07, 6.45) is -5.44. The van der Waals surface area contributed by atoms with Crippen molar-refractivity contribution in [3.05, 3.63) is 34.9 Å². The Kier molecular flexibility index (Phi) is 3.54. The molecule has 0 spiro atoms. The normalized spacial score (nSPS) is 12.0. The van der Waals surface area contributed by atoms with Gasteiger partial charge in [0.2, 0.25) is 5.82 Å². The van der Waals surface area contributed by atoms with Gasteiger partial charge in [0.1, 0.15) is 0 Å². The molecule has 2 nitrogen and oxygen atoms in total. The second-order valence-electron chi connectivity index (χ2n) is 3.98. The van der Waals surface area contributed by atoms with E-state index in [0.29, 0.717) is 5.32 Å². The molecule has 0 radical (unpaired) electrons. The molecule has 2 aromatic rings. The van der Waals surface area contributed by atoms with Crippen LogP contribution in [0.3, 0.4) is 0 Å². The van der Waals surface area contributed by atoms with Gasteiger partial charge in [-0.15, -0.1) is 0 Å². The molecule has 0 fully saturated rings. The zero-order valence-electron chi connectivity index (χ0n) is 9.85. The second-order valence-corrected chi connectivity index (χ2v) is 3.98. The molecular formula is C11H2F9NO. The fraction of sp³-hybridized carbons (Fsp3) is 0.0909. The van der Waals surface area contributed by atoms with E-state index in [1.165, 1.54) is 0 Å². The van der Waals surface area contributed by atoms with Gasteiger partial charge in [-0.25, -0.2) is 22.0 Å². The minimum Gasteiger partial charge on any atom is -0.504 e. The first kappa shape index (κ1) is 16.0. The first-order valence-corrected chi connectivity index (χ1v) is 5.17. The predicted octanol–water partition coefficient (Wildman–Crippen LogP) is 4.31. The lowest BCUT2D eigenvalue weighted by Gasteiger charge is -2.16.